The number of aliphatic hydroxyl groups excluding tert-OH is 5. The van der Waals surface area contributed by atoms with Gasteiger partial charge in [-0.3, -0.25) is 0 Å². The van der Waals surface area contributed by atoms with Crippen molar-refractivity contribution in [2.75, 3.05) is 13.2 Å². The molecule has 0 saturated heterocycles. The van der Waals surface area contributed by atoms with Crippen molar-refractivity contribution in [3.05, 3.63) is 0 Å². The highest BCUT2D eigenvalue weighted by Gasteiger charge is 2.41. The third-order valence-electron chi connectivity index (χ3n) is 3.59. The fourth-order valence-electron chi connectivity index (χ4n) is 2.32. The van der Waals surface area contributed by atoms with Crippen molar-refractivity contribution < 1.29 is 30.6 Å². The summed E-state index contributed by atoms with van der Waals surface area (Å²) in [5, 5.41) is 57.6. The van der Waals surface area contributed by atoms with E-state index < -0.39 is 23.9 Å². The zero-order valence-corrected chi connectivity index (χ0v) is 12.3. The van der Waals surface area contributed by atoms with E-state index in [9.17, 15) is 20.4 Å². The summed E-state index contributed by atoms with van der Waals surface area (Å²) in [5.41, 5.74) is -1.72. The Hall–Kier alpha value is -0.240. The molecule has 0 rings (SSSR count). The highest BCUT2D eigenvalue weighted by molar-refractivity contribution is 4.93. The molecule has 0 aliphatic rings. The van der Waals surface area contributed by atoms with Gasteiger partial charge in [-0.25, -0.2) is 0 Å². The second-order valence-corrected chi connectivity index (χ2v) is 5.51. The normalized spacial score (nSPS) is 19.4. The molecule has 6 N–H and O–H groups in total. The zero-order valence-electron chi connectivity index (χ0n) is 12.3. The Labute approximate surface area is 120 Å². The zero-order chi connectivity index (χ0) is 15.6. The van der Waals surface area contributed by atoms with Gasteiger partial charge in [-0.2, -0.15) is 0 Å². The first-order valence-corrected chi connectivity index (χ1v) is 7.36. The summed E-state index contributed by atoms with van der Waals surface area (Å²) in [5.74, 6) is 0. The lowest BCUT2D eigenvalue weighted by Gasteiger charge is -2.38. The summed E-state index contributed by atoms with van der Waals surface area (Å²) in [6.45, 7) is 1.46. The summed E-state index contributed by atoms with van der Waals surface area (Å²) in [7, 11) is 0. The summed E-state index contributed by atoms with van der Waals surface area (Å²) in [4.78, 5) is 0. The van der Waals surface area contributed by atoms with Gasteiger partial charge in [0.25, 0.3) is 0 Å². The van der Waals surface area contributed by atoms with E-state index in [4.69, 9.17) is 10.2 Å². The highest BCUT2D eigenvalue weighted by atomic mass is 16.4. The molecule has 0 heterocycles. The van der Waals surface area contributed by atoms with Gasteiger partial charge < -0.3 is 30.6 Å². The SMILES string of the molecule is CC(O)CC(O)C(O)(CCCO)C(O)CCCCCO. The van der Waals surface area contributed by atoms with Crippen molar-refractivity contribution >= 4 is 0 Å². The maximum absolute atomic E-state index is 10.5. The largest absolute Gasteiger partial charge is 0.396 e. The molecule has 0 fully saturated rings. The Balaban J connectivity index is 4.56. The molecular weight excluding hydrogens is 264 g/mol. The molecule has 0 aromatic heterocycles. The molecule has 20 heavy (non-hydrogen) atoms. The van der Waals surface area contributed by atoms with Crippen LogP contribution in [0.3, 0.4) is 0 Å². The van der Waals surface area contributed by atoms with Crippen molar-refractivity contribution in [3.63, 3.8) is 0 Å². The lowest BCUT2D eigenvalue weighted by atomic mass is 9.81. The summed E-state index contributed by atoms with van der Waals surface area (Å²) in [6.07, 6.45) is -0.553. The van der Waals surface area contributed by atoms with Gasteiger partial charge in [0.2, 0.25) is 0 Å². The van der Waals surface area contributed by atoms with E-state index in [0.29, 0.717) is 19.3 Å². The molecular formula is C14H30O6. The van der Waals surface area contributed by atoms with Crippen LogP contribution in [-0.4, -0.2) is 67.8 Å². The Morgan fingerprint density at radius 3 is 1.95 bits per heavy atom. The fraction of sp³-hybridized carbons (Fsp3) is 1.00. The Morgan fingerprint density at radius 1 is 0.850 bits per heavy atom. The molecule has 6 nitrogen and oxygen atoms in total. The van der Waals surface area contributed by atoms with Crippen molar-refractivity contribution in [3.8, 4) is 0 Å². The van der Waals surface area contributed by atoms with Crippen LogP contribution in [0.1, 0.15) is 51.9 Å². The van der Waals surface area contributed by atoms with Gasteiger partial charge in [-0.15, -0.1) is 0 Å². The minimum Gasteiger partial charge on any atom is -0.396 e. The topological polar surface area (TPSA) is 121 Å². The smallest absolute Gasteiger partial charge is 0.116 e. The summed E-state index contributed by atoms with van der Waals surface area (Å²) in [6, 6.07) is 0. The van der Waals surface area contributed by atoms with Gasteiger partial charge in [0.1, 0.15) is 5.60 Å². The van der Waals surface area contributed by atoms with E-state index in [1.54, 1.807) is 0 Å². The van der Waals surface area contributed by atoms with Crippen molar-refractivity contribution in [1.82, 2.24) is 0 Å². The number of aliphatic hydroxyl groups is 6. The monoisotopic (exact) mass is 294 g/mol. The molecule has 0 radical (unpaired) electrons. The number of rotatable bonds is 12. The van der Waals surface area contributed by atoms with Crippen LogP contribution < -0.4 is 0 Å². The predicted molar refractivity (Wildman–Crippen MR) is 75.1 cm³/mol. The molecule has 0 aromatic rings. The second kappa shape index (κ2) is 10.5. The molecule has 122 valence electrons. The van der Waals surface area contributed by atoms with E-state index in [-0.39, 0.29) is 32.5 Å². The van der Waals surface area contributed by atoms with Crippen molar-refractivity contribution in [2.45, 2.75) is 75.8 Å². The predicted octanol–water partition coefficient (Wildman–Crippen LogP) is -0.465. The van der Waals surface area contributed by atoms with Crippen LogP contribution in [0.25, 0.3) is 0 Å². The van der Waals surface area contributed by atoms with Gasteiger partial charge in [0.15, 0.2) is 0 Å². The van der Waals surface area contributed by atoms with Gasteiger partial charge >= 0.3 is 0 Å². The van der Waals surface area contributed by atoms with Crippen LogP contribution in [0.2, 0.25) is 0 Å². The average Bonchev–Trinajstić information content (AvgIpc) is 2.39. The van der Waals surface area contributed by atoms with E-state index in [1.165, 1.54) is 6.92 Å². The fourth-order valence-corrected chi connectivity index (χ4v) is 2.32. The maximum Gasteiger partial charge on any atom is 0.116 e. The van der Waals surface area contributed by atoms with Crippen LogP contribution >= 0.6 is 0 Å². The second-order valence-electron chi connectivity index (χ2n) is 5.51. The lowest BCUT2D eigenvalue weighted by molar-refractivity contribution is -0.162. The van der Waals surface area contributed by atoms with Crippen molar-refractivity contribution in [2.24, 2.45) is 0 Å². The molecule has 0 saturated carbocycles. The van der Waals surface area contributed by atoms with E-state index in [0.717, 1.165) is 6.42 Å². The molecule has 0 aliphatic carbocycles. The standard InChI is InChI=1S/C14H30O6/c1-11(17)10-13(19)14(20,7-5-9-16)12(18)6-3-2-4-8-15/h11-13,15-20H,2-10H2,1H3. The van der Waals surface area contributed by atoms with Gasteiger partial charge in [-0.05, 0) is 32.6 Å². The molecule has 4 atom stereocenters. The number of unbranched alkanes of at least 4 members (excludes halogenated alkanes) is 2. The molecule has 0 aliphatic heterocycles. The van der Waals surface area contributed by atoms with Crippen molar-refractivity contribution in [1.29, 1.82) is 0 Å². The summed E-state index contributed by atoms with van der Waals surface area (Å²) < 4.78 is 0. The molecule has 0 spiro atoms. The Morgan fingerprint density at radius 2 is 1.45 bits per heavy atom. The lowest BCUT2D eigenvalue weighted by Crippen LogP contribution is -2.53. The van der Waals surface area contributed by atoms with Crippen LogP contribution in [0.15, 0.2) is 0 Å². The van der Waals surface area contributed by atoms with Gasteiger partial charge in [-0.1, -0.05) is 12.8 Å². The minimum atomic E-state index is -1.72. The van der Waals surface area contributed by atoms with Gasteiger partial charge in [0.05, 0.1) is 18.3 Å². The first kappa shape index (κ1) is 19.8. The van der Waals surface area contributed by atoms with Gasteiger partial charge in [0, 0.05) is 19.6 Å². The van der Waals surface area contributed by atoms with Crippen LogP contribution in [-0.2, 0) is 0 Å². The molecule has 0 aromatic carbocycles. The maximum atomic E-state index is 10.5. The third-order valence-corrected chi connectivity index (χ3v) is 3.59. The quantitative estimate of drug-likeness (QED) is 0.271. The Kier molecular flexibility index (Phi) is 10.4. The average molecular weight is 294 g/mol. The third kappa shape index (κ3) is 6.97. The van der Waals surface area contributed by atoms with E-state index >= 15 is 0 Å². The highest BCUT2D eigenvalue weighted by Crippen LogP contribution is 2.28. The van der Waals surface area contributed by atoms with E-state index in [1.807, 2.05) is 0 Å². The van der Waals surface area contributed by atoms with Crippen LogP contribution in [0.5, 0.6) is 0 Å². The number of hydrogen-bond acceptors (Lipinski definition) is 6. The number of hydrogen-bond donors (Lipinski definition) is 6. The molecule has 0 amide bonds. The van der Waals surface area contributed by atoms with Crippen LogP contribution in [0, 0.1) is 0 Å². The van der Waals surface area contributed by atoms with Crippen LogP contribution in [0.4, 0.5) is 0 Å². The summed E-state index contributed by atoms with van der Waals surface area (Å²) >= 11 is 0. The minimum absolute atomic E-state index is 0.0321. The van der Waals surface area contributed by atoms with E-state index in [2.05, 4.69) is 0 Å². The first-order chi connectivity index (χ1) is 9.38. The molecule has 0 bridgehead atoms. The first-order valence-electron chi connectivity index (χ1n) is 7.36. The molecule has 4 unspecified atom stereocenters. The molecule has 6 heteroatoms. The Bertz CT molecular complexity index is 236.